The van der Waals surface area contributed by atoms with Crippen molar-refractivity contribution in [3.8, 4) is 11.5 Å². The van der Waals surface area contributed by atoms with Gasteiger partial charge >= 0.3 is 0 Å². The number of halogens is 3. The molecule has 0 aromatic heterocycles. The molecule has 0 unspecified atom stereocenters. The van der Waals surface area contributed by atoms with Gasteiger partial charge in [0.05, 0.1) is 31.0 Å². The normalized spacial score (nSPS) is 13.6. The van der Waals surface area contributed by atoms with Crippen molar-refractivity contribution in [2.24, 2.45) is 0 Å². The van der Waals surface area contributed by atoms with E-state index in [1.165, 1.54) is 0 Å². The number of ether oxygens (including phenoxy) is 3. The lowest BCUT2D eigenvalue weighted by atomic mass is 10.1. The number of hydrogen-bond acceptors (Lipinski definition) is 5. The minimum absolute atomic E-state index is 0.384. The summed E-state index contributed by atoms with van der Waals surface area (Å²) in [5.74, 6) is 1.20. The fourth-order valence-electron chi connectivity index (χ4n) is 3.60. The van der Waals surface area contributed by atoms with Gasteiger partial charge in [0, 0.05) is 41.4 Å². The van der Waals surface area contributed by atoms with Crippen molar-refractivity contribution in [3.05, 3.63) is 80.8 Å². The van der Waals surface area contributed by atoms with Crippen molar-refractivity contribution >= 4 is 46.2 Å². The van der Waals surface area contributed by atoms with Gasteiger partial charge in [-0.3, -0.25) is 0 Å². The molecule has 1 saturated heterocycles. The molecular formula is C25H25Cl3N2O3. The molecule has 4 rings (SSSR count). The van der Waals surface area contributed by atoms with E-state index in [0.717, 1.165) is 48.8 Å². The van der Waals surface area contributed by atoms with Crippen LogP contribution in [0.25, 0.3) is 0 Å². The van der Waals surface area contributed by atoms with Gasteiger partial charge in [-0.1, -0.05) is 46.9 Å². The molecule has 0 atom stereocenters. The average Bonchev–Trinajstić information content (AvgIpc) is 2.83. The summed E-state index contributed by atoms with van der Waals surface area (Å²) >= 11 is 19.0. The van der Waals surface area contributed by atoms with Gasteiger partial charge in [-0.2, -0.15) is 0 Å². The number of methoxy groups -OCH3 is 1. The fourth-order valence-corrected chi connectivity index (χ4v) is 4.25. The molecule has 3 aromatic carbocycles. The number of nitrogens with one attached hydrogen (secondary N) is 1. The quantitative estimate of drug-likeness (QED) is 0.368. The molecule has 0 amide bonds. The van der Waals surface area contributed by atoms with E-state index in [2.05, 4.69) is 10.2 Å². The van der Waals surface area contributed by atoms with Crippen LogP contribution in [-0.2, 0) is 17.9 Å². The highest BCUT2D eigenvalue weighted by atomic mass is 35.5. The minimum atomic E-state index is 0.384. The average molecular weight is 508 g/mol. The van der Waals surface area contributed by atoms with Gasteiger partial charge in [0.1, 0.15) is 6.61 Å². The number of rotatable bonds is 8. The minimum Gasteiger partial charge on any atom is -0.493 e. The highest BCUT2D eigenvalue weighted by Gasteiger charge is 2.15. The third-order valence-electron chi connectivity index (χ3n) is 5.42. The Morgan fingerprint density at radius 2 is 1.67 bits per heavy atom. The van der Waals surface area contributed by atoms with E-state index in [9.17, 15) is 0 Å². The third kappa shape index (κ3) is 6.18. The third-order valence-corrected chi connectivity index (χ3v) is 6.33. The van der Waals surface area contributed by atoms with Gasteiger partial charge < -0.3 is 24.4 Å². The largest absolute Gasteiger partial charge is 0.493 e. The number of nitrogens with zero attached hydrogens (tertiary/aromatic N) is 1. The van der Waals surface area contributed by atoms with E-state index in [-0.39, 0.29) is 0 Å². The Kier molecular flexibility index (Phi) is 8.10. The molecule has 1 heterocycles. The lowest BCUT2D eigenvalue weighted by Gasteiger charge is -2.29. The Hall–Kier alpha value is -2.31. The molecule has 8 heteroatoms. The summed E-state index contributed by atoms with van der Waals surface area (Å²) in [7, 11) is 1.61. The van der Waals surface area contributed by atoms with Crippen LogP contribution in [0.4, 0.5) is 11.4 Å². The molecule has 0 aliphatic carbocycles. The smallest absolute Gasteiger partial charge is 0.163 e. The predicted octanol–water partition coefficient (Wildman–Crippen LogP) is 6.68. The van der Waals surface area contributed by atoms with E-state index in [1.54, 1.807) is 13.2 Å². The molecule has 1 fully saturated rings. The van der Waals surface area contributed by atoms with Crippen LogP contribution in [0.15, 0.2) is 54.6 Å². The topological polar surface area (TPSA) is 43.0 Å². The predicted molar refractivity (Wildman–Crippen MR) is 136 cm³/mol. The lowest BCUT2D eigenvalue weighted by Crippen LogP contribution is -2.36. The summed E-state index contributed by atoms with van der Waals surface area (Å²) in [4.78, 5) is 2.24. The van der Waals surface area contributed by atoms with Crippen molar-refractivity contribution < 1.29 is 14.2 Å². The summed E-state index contributed by atoms with van der Waals surface area (Å²) in [6.07, 6.45) is 0. The van der Waals surface area contributed by atoms with Crippen molar-refractivity contribution in [2.75, 3.05) is 43.6 Å². The van der Waals surface area contributed by atoms with Gasteiger partial charge in [0.2, 0.25) is 0 Å². The highest BCUT2D eigenvalue weighted by Crippen LogP contribution is 2.35. The molecular weight excluding hydrogens is 483 g/mol. The van der Waals surface area contributed by atoms with Gasteiger partial charge in [0.25, 0.3) is 0 Å². The Balaban J connectivity index is 1.41. The SMILES string of the molecule is COc1cc(CNc2ccc(N3CCOCC3)c(Cl)c2)c(Cl)cc1OCc1ccc(Cl)cc1. The molecule has 1 aliphatic rings. The molecule has 0 spiro atoms. The molecule has 0 radical (unpaired) electrons. The highest BCUT2D eigenvalue weighted by molar-refractivity contribution is 6.33. The molecule has 0 bridgehead atoms. The first-order valence-electron chi connectivity index (χ1n) is 10.6. The Morgan fingerprint density at radius 3 is 2.36 bits per heavy atom. The zero-order valence-corrected chi connectivity index (χ0v) is 20.5. The molecule has 33 heavy (non-hydrogen) atoms. The van der Waals surface area contributed by atoms with E-state index >= 15 is 0 Å². The Labute approximate surface area is 209 Å². The maximum atomic E-state index is 6.55. The summed E-state index contributed by atoms with van der Waals surface area (Å²) in [5.41, 5.74) is 3.82. The summed E-state index contributed by atoms with van der Waals surface area (Å²) < 4.78 is 16.9. The molecule has 1 aliphatic heterocycles. The van der Waals surface area contributed by atoms with Crippen molar-refractivity contribution in [3.63, 3.8) is 0 Å². The lowest BCUT2D eigenvalue weighted by molar-refractivity contribution is 0.122. The summed E-state index contributed by atoms with van der Waals surface area (Å²) in [6, 6.07) is 17.2. The van der Waals surface area contributed by atoms with Gasteiger partial charge in [0.15, 0.2) is 11.5 Å². The molecule has 3 aromatic rings. The van der Waals surface area contributed by atoms with Crippen LogP contribution >= 0.6 is 34.8 Å². The molecule has 1 N–H and O–H groups in total. The van der Waals surface area contributed by atoms with E-state index < -0.39 is 0 Å². The maximum absolute atomic E-state index is 6.55. The maximum Gasteiger partial charge on any atom is 0.163 e. The second-order valence-corrected chi connectivity index (χ2v) is 8.88. The first-order valence-corrected chi connectivity index (χ1v) is 11.8. The molecule has 0 saturated carbocycles. The number of benzene rings is 3. The van der Waals surface area contributed by atoms with E-state index in [4.69, 9.17) is 49.0 Å². The summed E-state index contributed by atoms with van der Waals surface area (Å²) in [5, 5.41) is 5.37. The summed E-state index contributed by atoms with van der Waals surface area (Å²) in [6.45, 7) is 4.02. The zero-order chi connectivity index (χ0) is 23.2. The first kappa shape index (κ1) is 23.8. The Morgan fingerprint density at radius 1 is 0.909 bits per heavy atom. The second kappa shape index (κ2) is 11.2. The van der Waals surface area contributed by atoms with Crippen LogP contribution in [0.3, 0.4) is 0 Å². The van der Waals surface area contributed by atoms with Gasteiger partial charge in [-0.05, 0) is 47.5 Å². The van der Waals surface area contributed by atoms with Crippen LogP contribution in [0.2, 0.25) is 15.1 Å². The molecule has 5 nitrogen and oxygen atoms in total. The first-order chi connectivity index (χ1) is 16.0. The van der Waals surface area contributed by atoms with Gasteiger partial charge in [-0.25, -0.2) is 0 Å². The zero-order valence-electron chi connectivity index (χ0n) is 18.2. The fraction of sp³-hybridized carbons (Fsp3) is 0.280. The van der Waals surface area contributed by atoms with Crippen molar-refractivity contribution in [1.82, 2.24) is 0 Å². The number of morpholine rings is 1. The van der Waals surface area contributed by atoms with Crippen LogP contribution in [0.5, 0.6) is 11.5 Å². The van der Waals surface area contributed by atoms with E-state index in [1.807, 2.05) is 48.5 Å². The van der Waals surface area contributed by atoms with Gasteiger partial charge in [-0.15, -0.1) is 0 Å². The number of anilines is 2. The van der Waals surface area contributed by atoms with Crippen LogP contribution < -0.4 is 19.7 Å². The van der Waals surface area contributed by atoms with E-state index in [0.29, 0.717) is 39.7 Å². The second-order valence-electron chi connectivity index (χ2n) is 7.63. The standard InChI is InChI=1S/C25H25Cl3N2O3/c1-31-24-12-18(21(27)14-25(24)33-16-17-2-4-19(26)5-3-17)15-29-20-6-7-23(22(28)13-20)30-8-10-32-11-9-30/h2-7,12-14,29H,8-11,15-16H2,1H3. The monoisotopic (exact) mass is 506 g/mol. The van der Waals surface area contributed by atoms with Crippen molar-refractivity contribution in [1.29, 1.82) is 0 Å². The Bertz CT molecular complexity index is 1090. The van der Waals surface area contributed by atoms with Crippen molar-refractivity contribution in [2.45, 2.75) is 13.2 Å². The molecule has 174 valence electrons. The number of hydrogen-bond donors (Lipinski definition) is 1. The van der Waals surface area contributed by atoms with Crippen LogP contribution in [0.1, 0.15) is 11.1 Å². The van der Waals surface area contributed by atoms with Crippen LogP contribution in [-0.4, -0.2) is 33.4 Å². The van der Waals surface area contributed by atoms with Crippen LogP contribution in [0, 0.1) is 0 Å².